The van der Waals surface area contributed by atoms with Gasteiger partial charge in [-0.2, -0.15) is 19.0 Å². The number of anilines is 1. The van der Waals surface area contributed by atoms with E-state index < -0.39 is 18.5 Å². The van der Waals surface area contributed by atoms with Gasteiger partial charge in [-0.25, -0.2) is 14.1 Å². The predicted octanol–water partition coefficient (Wildman–Crippen LogP) is 5.48. The van der Waals surface area contributed by atoms with Crippen molar-refractivity contribution in [3.05, 3.63) is 64.9 Å². The van der Waals surface area contributed by atoms with E-state index >= 15 is 0 Å². The fraction of sp³-hybridized carbons (Fsp3) is 0.320. The SMILES string of the molecule is CCn1nc2c3c1-c1cnc(N)c(c1)O[C@H](C)c1cc(F)ccc1-c1nn(C(F)F)cc1C3CC2. The van der Waals surface area contributed by atoms with Crippen LogP contribution in [-0.4, -0.2) is 24.5 Å². The van der Waals surface area contributed by atoms with Gasteiger partial charge in [-0.15, -0.1) is 0 Å². The number of aryl methyl sites for hydroxylation is 2. The molecule has 0 saturated carbocycles. The molecular formula is C25H23F3N6O. The van der Waals surface area contributed by atoms with Gasteiger partial charge in [0.05, 0.1) is 17.1 Å². The molecule has 2 N–H and O–H groups in total. The second-order valence-corrected chi connectivity index (χ2v) is 8.91. The minimum atomic E-state index is -2.81. The zero-order valence-corrected chi connectivity index (χ0v) is 19.2. The fourth-order valence-corrected chi connectivity index (χ4v) is 5.33. The number of nitrogens with two attached hydrogens (primary N) is 1. The zero-order valence-electron chi connectivity index (χ0n) is 19.2. The molecule has 1 unspecified atom stereocenters. The van der Waals surface area contributed by atoms with Crippen molar-refractivity contribution in [2.45, 2.75) is 51.8 Å². The number of halogens is 3. The van der Waals surface area contributed by atoms with Gasteiger partial charge >= 0.3 is 6.55 Å². The summed E-state index contributed by atoms with van der Waals surface area (Å²) < 4.78 is 50.8. The number of fused-ring (bicyclic) bond motifs is 7. The maximum Gasteiger partial charge on any atom is 0.333 e. The van der Waals surface area contributed by atoms with E-state index in [4.69, 9.17) is 15.6 Å². The van der Waals surface area contributed by atoms with Gasteiger partial charge < -0.3 is 10.5 Å². The van der Waals surface area contributed by atoms with Crippen LogP contribution < -0.4 is 10.5 Å². The summed E-state index contributed by atoms with van der Waals surface area (Å²) in [4.78, 5) is 4.36. The molecule has 2 atom stereocenters. The number of pyridine rings is 1. The number of nitrogens with zero attached hydrogens (tertiary/aromatic N) is 5. The molecular weight excluding hydrogens is 457 g/mol. The highest BCUT2D eigenvalue weighted by Gasteiger charge is 2.36. The van der Waals surface area contributed by atoms with Crippen LogP contribution in [0.15, 0.2) is 36.7 Å². The van der Waals surface area contributed by atoms with Gasteiger partial charge in [0.25, 0.3) is 0 Å². The van der Waals surface area contributed by atoms with Crippen molar-refractivity contribution < 1.29 is 17.9 Å². The van der Waals surface area contributed by atoms with Gasteiger partial charge in [-0.3, -0.25) is 4.68 Å². The fourth-order valence-electron chi connectivity index (χ4n) is 5.33. The Kier molecular flexibility index (Phi) is 4.87. The van der Waals surface area contributed by atoms with Gasteiger partial charge in [0.2, 0.25) is 0 Å². The Balaban J connectivity index is 1.70. The Morgan fingerprint density at radius 2 is 2.03 bits per heavy atom. The zero-order chi connectivity index (χ0) is 24.4. The van der Waals surface area contributed by atoms with Gasteiger partial charge in [0, 0.05) is 52.7 Å². The number of nitrogen functional groups attached to an aromatic ring is 1. The van der Waals surface area contributed by atoms with Crippen LogP contribution in [0.25, 0.3) is 22.5 Å². The van der Waals surface area contributed by atoms with Gasteiger partial charge in [0.15, 0.2) is 11.6 Å². The van der Waals surface area contributed by atoms with Crippen molar-refractivity contribution in [2.75, 3.05) is 5.73 Å². The highest BCUT2D eigenvalue weighted by Crippen LogP contribution is 2.48. The Labute approximate surface area is 199 Å². The van der Waals surface area contributed by atoms with Gasteiger partial charge in [-0.1, -0.05) is 0 Å². The number of aromatic nitrogens is 5. The first kappa shape index (κ1) is 21.7. The summed E-state index contributed by atoms with van der Waals surface area (Å²) >= 11 is 0. The average Bonchev–Trinajstić information content (AvgIpc) is 3.53. The first-order valence-electron chi connectivity index (χ1n) is 11.5. The molecule has 4 heterocycles. The summed E-state index contributed by atoms with van der Waals surface area (Å²) in [6, 6.07) is 6.05. The molecule has 1 aliphatic heterocycles. The third kappa shape index (κ3) is 3.30. The topological polar surface area (TPSA) is 83.8 Å². The number of ether oxygens (including phenoxy) is 1. The summed E-state index contributed by atoms with van der Waals surface area (Å²) in [7, 11) is 0. The summed E-state index contributed by atoms with van der Waals surface area (Å²) in [5.74, 6) is -0.113. The number of rotatable bonds is 2. The summed E-state index contributed by atoms with van der Waals surface area (Å²) in [6.45, 7) is 1.57. The molecule has 0 fully saturated rings. The average molecular weight is 480 g/mol. The van der Waals surface area contributed by atoms with E-state index in [9.17, 15) is 13.2 Å². The Morgan fingerprint density at radius 1 is 1.20 bits per heavy atom. The Hall–Kier alpha value is -3.82. The maximum absolute atomic E-state index is 14.4. The van der Waals surface area contributed by atoms with Crippen LogP contribution >= 0.6 is 0 Å². The van der Waals surface area contributed by atoms with E-state index in [1.807, 2.05) is 17.7 Å². The Bertz CT molecular complexity index is 1460. The molecule has 4 aromatic rings. The lowest BCUT2D eigenvalue weighted by molar-refractivity contribution is 0.0567. The lowest BCUT2D eigenvalue weighted by Crippen LogP contribution is -2.11. The minimum absolute atomic E-state index is 0.203. The number of hydrogen-bond donors (Lipinski definition) is 1. The molecule has 1 aromatic carbocycles. The molecule has 2 bridgehead atoms. The van der Waals surface area contributed by atoms with Crippen molar-refractivity contribution in [3.63, 3.8) is 0 Å². The van der Waals surface area contributed by atoms with E-state index in [-0.39, 0.29) is 11.7 Å². The summed E-state index contributed by atoms with van der Waals surface area (Å²) in [5.41, 5.74) is 11.7. The van der Waals surface area contributed by atoms with Crippen LogP contribution in [0.4, 0.5) is 19.0 Å². The van der Waals surface area contributed by atoms with Crippen molar-refractivity contribution in [3.8, 4) is 28.3 Å². The second-order valence-electron chi connectivity index (χ2n) is 8.91. The van der Waals surface area contributed by atoms with E-state index in [1.165, 1.54) is 18.3 Å². The molecule has 6 rings (SSSR count). The third-order valence-electron chi connectivity index (χ3n) is 6.88. The monoisotopic (exact) mass is 480 g/mol. The van der Waals surface area contributed by atoms with Crippen molar-refractivity contribution in [2.24, 2.45) is 0 Å². The number of benzene rings is 1. The van der Waals surface area contributed by atoms with Crippen LogP contribution in [0.3, 0.4) is 0 Å². The molecule has 10 heteroatoms. The Morgan fingerprint density at radius 3 is 2.80 bits per heavy atom. The van der Waals surface area contributed by atoms with Crippen molar-refractivity contribution >= 4 is 5.82 Å². The smallest absolute Gasteiger partial charge is 0.333 e. The highest BCUT2D eigenvalue weighted by atomic mass is 19.3. The first-order valence-corrected chi connectivity index (χ1v) is 11.5. The molecule has 0 saturated heterocycles. The molecule has 0 spiro atoms. The standard InChI is InChI=1S/C25H23F3N6O/c1-3-33-23-13-8-20(24(29)30-10-13)35-12(2)17-9-14(26)4-5-16(17)22-18(11-34(32-22)25(27)28)15-6-7-19(31-33)21(15)23/h4-5,8-12,15,25H,3,6-7H2,1-2H3,(H2,29,30)/t12-,15?/m1/s1. The molecule has 1 aliphatic carbocycles. The van der Waals surface area contributed by atoms with Gasteiger partial charge in [0.1, 0.15) is 11.9 Å². The molecule has 35 heavy (non-hydrogen) atoms. The van der Waals surface area contributed by atoms with Crippen LogP contribution in [0.5, 0.6) is 5.75 Å². The molecule has 7 nitrogen and oxygen atoms in total. The first-order chi connectivity index (χ1) is 16.9. The summed E-state index contributed by atoms with van der Waals surface area (Å²) in [5, 5.41) is 9.09. The lowest BCUT2D eigenvalue weighted by atomic mass is 9.88. The van der Waals surface area contributed by atoms with E-state index in [1.54, 1.807) is 19.2 Å². The predicted molar refractivity (Wildman–Crippen MR) is 124 cm³/mol. The van der Waals surface area contributed by atoms with Gasteiger partial charge in [-0.05, 0) is 51.0 Å². The molecule has 2 aliphatic rings. The second kappa shape index (κ2) is 7.86. The van der Waals surface area contributed by atoms with E-state index in [0.29, 0.717) is 52.2 Å². The van der Waals surface area contributed by atoms with Crippen molar-refractivity contribution in [1.29, 1.82) is 0 Å². The van der Waals surface area contributed by atoms with Crippen LogP contribution in [0.1, 0.15) is 61.2 Å². The van der Waals surface area contributed by atoms with Crippen LogP contribution in [0.2, 0.25) is 0 Å². The van der Waals surface area contributed by atoms with Crippen molar-refractivity contribution in [1.82, 2.24) is 24.5 Å². The molecule has 180 valence electrons. The third-order valence-corrected chi connectivity index (χ3v) is 6.88. The quantitative estimate of drug-likeness (QED) is 0.411. The molecule has 0 amide bonds. The van der Waals surface area contributed by atoms with E-state index in [2.05, 4.69) is 10.1 Å². The number of alkyl halides is 2. The molecule has 3 aromatic heterocycles. The largest absolute Gasteiger partial charge is 0.482 e. The lowest BCUT2D eigenvalue weighted by Gasteiger charge is -2.22. The van der Waals surface area contributed by atoms with Crippen LogP contribution in [-0.2, 0) is 13.0 Å². The van der Waals surface area contributed by atoms with Crippen LogP contribution in [0, 0.1) is 5.82 Å². The van der Waals surface area contributed by atoms with E-state index in [0.717, 1.165) is 22.5 Å². The number of hydrogen-bond acceptors (Lipinski definition) is 5. The highest BCUT2D eigenvalue weighted by molar-refractivity contribution is 5.74. The normalized spacial score (nSPS) is 18.3. The maximum atomic E-state index is 14.4. The molecule has 0 radical (unpaired) electrons. The summed E-state index contributed by atoms with van der Waals surface area (Å²) in [6.07, 6.45) is 3.84. The minimum Gasteiger partial charge on any atom is -0.482 e.